The Kier molecular flexibility index (Phi) is 5.62. The Morgan fingerprint density at radius 3 is 2.76 bits per heavy atom. The second kappa shape index (κ2) is 8.75. The maximum atomic E-state index is 13.7. The normalized spacial score (nSPS) is 16.1. The van der Waals surface area contributed by atoms with Crippen LogP contribution in [0.25, 0.3) is 22.2 Å². The number of benzene rings is 2. The van der Waals surface area contributed by atoms with E-state index in [2.05, 4.69) is 19.9 Å². The van der Waals surface area contributed by atoms with Gasteiger partial charge in [0, 0.05) is 54.0 Å². The number of primary amides is 1. The molecule has 10 heteroatoms. The van der Waals surface area contributed by atoms with E-state index in [9.17, 15) is 14.0 Å². The van der Waals surface area contributed by atoms with Gasteiger partial charge in [-0.25, -0.2) is 14.4 Å². The van der Waals surface area contributed by atoms with Gasteiger partial charge >= 0.3 is 0 Å². The SMILES string of the molecule is NC(=O)c1cccc(-c2nccnc2C2CCN(c3ncc4cc(F)c(Cl)cc4n3)C(=O)C2)c1. The van der Waals surface area contributed by atoms with Crippen LogP contribution in [0.3, 0.4) is 0 Å². The number of anilines is 1. The number of rotatable bonds is 4. The van der Waals surface area contributed by atoms with Crippen LogP contribution in [0.5, 0.6) is 0 Å². The van der Waals surface area contributed by atoms with Crippen molar-refractivity contribution in [3.05, 3.63) is 77.1 Å². The van der Waals surface area contributed by atoms with Gasteiger partial charge in [0.25, 0.3) is 0 Å². The van der Waals surface area contributed by atoms with E-state index >= 15 is 0 Å². The van der Waals surface area contributed by atoms with Crippen LogP contribution in [-0.2, 0) is 4.79 Å². The lowest BCUT2D eigenvalue weighted by Crippen LogP contribution is -2.39. The number of nitrogens with zero attached hydrogens (tertiary/aromatic N) is 5. The average Bonchev–Trinajstić information content (AvgIpc) is 2.84. The highest BCUT2D eigenvalue weighted by molar-refractivity contribution is 6.31. The van der Waals surface area contributed by atoms with Crippen molar-refractivity contribution < 1.29 is 14.0 Å². The molecule has 170 valence electrons. The molecular formula is C24H18ClFN6O2. The first-order valence-corrected chi connectivity index (χ1v) is 10.9. The number of fused-ring (bicyclic) bond motifs is 1. The summed E-state index contributed by atoms with van der Waals surface area (Å²) < 4.78 is 13.7. The lowest BCUT2D eigenvalue weighted by Gasteiger charge is -2.30. The van der Waals surface area contributed by atoms with E-state index in [1.807, 2.05) is 6.07 Å². The molecule has 1 fully saturated rings. The number of hydrogen-bond acceptors (Lipinski definition) is 6. The molecule has 2 aromatic heterocycles. The Bertz CT molecular complexity index is 1450. The molecule has 3 heterocycles. The van der Waals surface area contributed by atoms with E-state index in [-0.39, 0.29) is 29.2 Å². The van der Waals surface area contributed by atoms with Crippen molar-refractivity contribution in [1.29, 1.82) is 0 Å². The van der Waals surface area contributed by atoms with Crippen molar-refractivity contribution in [3.8, 4) is 11.3 Å². The van der Waals surface area contributed by atoms with Gasteiger partial charge in [0.15, 0.2) is 0 Å². The maximum Gasteiger partial charge on any atom is 0.248 e. The summed E-state index contributed by atoms with van der Waals surface area (Å²) >= 11 is 5.88. The second-order valence-electron chi connectivity index (χ2n) is 7.97. The molecule has 8 nitrogen and oxygen atoms in total. The minimum absolute atomic E-state index is 0.0437. The van der Waals surface area contributed by atoms with Crippen molar-refractivity contribution in [2.45, 2.75) is 18.8 Å². The van der Waals surface area contributed by atoms with Gasteiger partial charge in [-0.1, -0.05) is 23.7 Å². The molecule has 4 aromatic rings. The summed E-state index contributed by atoms with van der Waals surface area (Å²) in [5.74, 6) is -1.18. The third-order valence-corrected chi connectivity index (χ3v) is 6.10. The Morgan fingerprint density at radius 1 is 1.15 bits per heavy atom. The predicted octanol–water partition coefficient (Wildman–Crippen LogP) is 3.89. The predicted molar refractivity (Wildman–Crippen MR) is 125 cm³/mol. The maximum absolute atomic E-state index is 13.7. The molecular weight excluding hydrogens is 459 g/mol. The molecule has 0 radical (unpaired) electrons. The molecule has 1 aliphatic heterocycles. The third-order valence-electron chi connectivity index (χ3n) is 5.81. The summed E-state index contributed by atoms with van der Waals surface area (Å²) in [6, 6.07) is 9.54. The zero-order valence-electron chi connectivity index (χ0n) is 17.8. The number of aromatic nitrogens is 4. The standard InChI is InChI=1S/C24H18ClFN6O2/c25-17-11-19-16(9-18(17)26)12-30-24(31-19)32-7-4-14(10-20(32)33)22-21(28-5-6-29-22)13-2-1-3-15(8-13)23(27)34/h1-3,5-6,8-9,11-12,14H,4,7,10H2,(H2,27,34). The van der Waals surface area contributed by atoms with Crippen LogP contribution >= 0.6 is 11.6 Å². The van der Waals surface area contributed by atoms with Crippen molar-refractivity contribution in [2.75, 3.05) is 11.4 Å². The van der Waals surface area contributed by atoms with E-state index in [0.29, 0.717) is 46.4 Å². The summed E-state index contributed by atoms with van der Waals surface area (Å²) in [5, 5.41) is 0.452. The first-order chi connectivity index (χ1) is 16.4. The average molecular weight is 477 g/mol. The zero-order valence-corrected chi connectivity index (χ0v) is 18.5. The molecule has 2 amide bonds. The molecule has 1 aliphatic rings. The number of carbonyl (C=O) groups is 2. The van der Waals surface area contributed by atoms with Crippen LogP contribution in [0.1, 0.15) is 34.8 Å². The Labute approximate surface area is 198 Å². The number of hydrogen-bond donors (Lipinski definition) is 1. The van der Waals surface area contributed by atoms with E-state index in [1.54, 1.807) is 30.6 Å². The van der Waals surface area contributed by atoms with Gasteiger partial charge in [0.05, 0.1) is 21.9 Å². The fraction of sp³-hybridized carbons (Fsp3) is 0.167. The van der Waals surface area contributed by atoms with Gasteiger partial charge in [-0.2, -0.15) is 0 Å². The Hall–Kier alpha value is -3.98. The van der Waals surface area contributed by atoms with E-state index in [0.717, 1.165) is 0 Å². The second-order valence-corrected chi connectivity index (χ2v) is 8.37. The molecule has 1 atom stereocenters. The van der Waals surface area contributed by atoms with Crippen molar-refractivity contribution in [3.63, 3.8) is 0 Å². The van der Waals surface area contributed by atoms with Gasteiger partial charge in [-0.05, 0) is 30.7 Å². The van der Waals surface area contributed by atoms with E-state index < -0.39 is 11.7 Å². The summed E-state index contributed by atoms with van der Waals surface area (Å²) in [6.45, 7) is 0.376. The lowest BCUT2D eigenvalue weighted by molar-refractivity contribution is -0.120. The fourth-order valence-corrected chi connectivity index (χ4v) is 4.27. The minimum Gasteiger partial charge on any atom is -0.366 e. The van der Waals surface area contributed by atoms with Crippen molar-refractivity contribution in [2.24, 2.45) is 5.73 Å². The van der Waals surface area contributed by atoms with E-state index in [4.69, 9.17) is 17.3 Å². The number of halogens is 2. The van der Waals surface area contributed by atoms with Gasteiger partial charge in [-0.15, -0.1) is 0 Å². The third kappa shape index (κ3) is 4.06. The molecule has 1 saturated heterocycles. The van der Waals surface area contributed by atoms with Gasteiger partial charge in [0.1, 0.15) is 5.82 Å². The van der Waals surface area contributed by atoms with Crippen LogP contribution in [-0.4, -0.2) is 38.3 Å². The molecule has 34 heavy (non-hydrogen) atoms. The lowest BCUT2D eigenvalue weighted by atomic mass is 9.89. The smallest absolute Gasteiger partial charge is 0.248 e. The van der Waals surface area contributed by atoms with Crippen LogP contribution in [0.15, 0.2) is 55.0 Å². The quantitative estimate of drug-likeness (QED) is 0.478. The van der Waals surface area contributed by atoms with E-state index in [1.165, 1.54) is 23.2 Å². The highest BCUT2D eigenvalue weighted by Crippen LogP contribution is 2.34. The Morgan fingerprint density at radius 2 is 1.97 bits per heavy atom. The number of carbonyl (C=O) groups excluding carboxylic acids is 2. The fourth-order valence-electron chi connectivity index (χ4n) is 4.11. The summed E-state index contributed by atoms with van der Waals surface area (Å²) in [7, 11) is 0. The first-order valence-electron chi connectivity index (χ1n) is 10.5. The highest BCUT2D eigenvalue weighted by atomic mass is 35.5. The number of nitrogens with two attached hydrogens (primary N) is 1. The largest absolute Gasteiger partial charge is 0.366 e. The minimum atomic E-state index is -0.552. The van der Waals surface area contributed by atoms with Gasteiger partial charge in [-0.3, -0.25) is 24.5 Å². The highest BCUT2D eigenvalue weighted by Gasteiger charge is 2.32. The summed E-state index contributed by atoms with van der Waals surface area (Å²) in [4.78, 5) is 43.8. The van der Waals surface area contributed by atoms with Gasteiger partial charge < -0.3 is 5.73 Å². The molecule has 0 aliphatic carbocycles. The molecule has 0 bridgehead atoms. The topological polar surface area (TPSA) is 115 Å². The Balaban J connectivity index is 1.42. The van der Waals surface area contributed by atoms with Crippen molar-refractivity contribution in [1.82, 2.24) is 19.9 Å². The van der Waals surface area contributed by atoms with Crippen LogP contribution < -0.4 is 10.6 Å². The molecule has 2 aromatic carbocycles. The first kappa shape index (κ1) is 21.8. The van der Waals surface area contributed by atoms with Crippen LogP contribution in [0.2, 0.25) is 5.02 Å². The molecule has 0 spiro atoms. The number of piperidine rings is 1. The monoisotopic (exact) mass is 476 g/mol. The van der Waals surface area contributed by atoms with Crippen molar-refractivity contribution >= 4 is 40.3 Å². The zero-order chi connectivity index (χ0) is 23.8. The summed E-state index contributed by atoms with van der Waals surface area (Å²) in [5.41, 5.74) is 8.23. The molecule has 1 unspecified atom stereocenters. The van der Waals surface area contributed by atoms with Gasteiger partial charge in [0.2, 0.25) is 17.8 Å². The number of amides is 2. The molecule has 5 rings (SSSR count). The van der Waals surface area contributed by atoms with Crippen LogP contribution in [0, 0.1) is 5.82 Å². The van der Waals surface area contributed by atoms with Crippen LogP contribution in [0.4, 0.5) is 10.3 Å². The summed E-state index contributed by atoms with van der Waals surface area (Å²) in [6.07, 6.45) is 5.43. The molecule has 0 saturated carbocycles. The molecule has 2 N–H and O–H groups in total.